The van der Waals surface area contributed by atoms with E-state index in [2.05, 4.69) is 0 Å². The minimum atomic E-state index is -0.259. The highest BCUT2D eigenvalue weighted by atomic mass is 19.1. The summed E-state index contributed by atoms with van der Waals surface area (Å²) in [4.78, 5) is 0. The zero-order chi connectivity index (χ0) is 7.56. The largest absolute Gasteiger partial charge is 0.305 e. The topological polar surface area (TPSA) is 23.9 Å². The molecular weight excluding hydrogens is 129 g/mol. The molecule has 1 rings (SSSR count). The van der Waals surface area contributed by atoms with Crippen molar-refractivity contribution >= 4 is 5.71 Å². The summed E-state index contributed by atoms with van der Waals surface area (Å²) >= 11 is 0. The second-order valence-electron chi connectivity index (χ2n) is 2.13. The highest BCUT2D eigenvalue weighted by Gasteiger charge is 1.93. The van der Waals surface area contributed by atoms with Crippen LogP contribution in [0.5, 0.6) is 0 Å². The van der Waals surface area contributed by atoms with Gasteiger partial charge in [0.1, 0.15) is 5.82 Å². The van der Waals surface area contributed by atoms with Crippen LogP contribution in [0.25, 0.3) is 0 Å². The number of hydrogen-bond acceptors (Lipinski definition) is 1. The molecule has 0 amide bonds. The molecule has 2 heteroatoms. The lowest BCUT2D eigenvalue weighted by Gasteiger charge is -1.94. The first-order valence-electron chi connectivity index (χ1n) is 3.01. The van der Waals surface area contributed by atoms with Gasteiger partial charge in [0.25, 0.3) is 0 Å². The van der Waals surface area contributed by atoms with Crippen molar-refractivity contribution in [2.24, 2.45) is 0 Å². The van der Waals surface area contributed by atoms with E-state index in [4.69, 9.17) is 5.41 Å². The van der Waals surface area contributed by atoms with E-state index < -0.39 is 0 Å². The minimum Gasteiger partial charge on any atom is -0.305 e. The first kappa shape index (κ1) is 6.93. The maximum Gasteiger partial charge on any atom is 0.123 e. The molecule has 10 heavy (non-hydrogen) atoms. The monoisotopic (exact) mass is 137 g/mol. The molecule has 0 saturated heterocycles. The van der Waals surface area contributed by atoms with Gasteiger partial charge in [0, 0.05) is 5.71 Å². The molecule has 1 N–H and O–H groups in total. The molecule has 0 aliphatic rings. The highest BCUT2D eigenvalue weighted by Crippen LogP contribution is 2.02. The van der Waals surface area contributed by atoms with E-state index in [1.807, 2.05) is 0 Å². The van der Waals surface area contributed by atoms with Crippen molar-refractivity contribution in [3.63, 3.8) is 0 Å². The molecule has 0 radical (unpaired) electrons. The average molecular weight is 137 g/mol. The zero-order valence-electron chi connectivity index (χ0n) is 5.69. The summed E-state index contributed by atoms with van der Waals surface area (Å²) in [5.74, 6) is -0.259. The van der Waals surface area contributed by atoms with E-state index in [1.54, 1.807) is 19.1 Å². The third kappa shape index (κ3) is 1.41. The van der Waals surface area contributed by atoms with E-state index >= 15 is 0 Å². The Balaban J connectivity index is 3.00. The standard InChI is InChI=1S/C8H8FN/c1-6(10)7-2-4-8(9)5-3-7/h2-5,10H,1H3. The fourth-order valence-corrected chi connectivity index (χ4v) is 0.700. The van der Waals surface area contributed by atoms with Crippen molar-refractivity contribution in [1.29, 1.82) is 5.41 Å². The van der Waals surface area contributed by atoms with Crippen LogP contribution >= 0.6 is 0 Å². The number of benzene rings is 1. The van der Waals surface area contributed by atoms with Crippen LogP contribution in [0.3, 0.4) is 0 Å². The molecule has 1 nitrogen and oxygen atoms in total. The van der Waals surface area contributed by atoms with Crippen molar-refractivity contribution in [2.45, 2.75) is 6.92 Å². The summed E-state index contributed by atoms with van der Waals surface area (Å²) in [5, 5.41) is 7.18. The quantitative estimate of drug-likeness (QED) is 0.574. The van der Waals surface area contributed by atoms with Crippen LogP contribution in [0.15, 0.2) is 24.3 Å². The molecule has 0 unspecified atom stereocenters. The molecule has 0 spiro atoms. The summed E-state index contributed by atoms with van der Waals surface area (Å²) in [7, 11) is 0. The van der Waals surface area contributed by atoms with Crippen LogP contribution < -0.4 is 0 Å². The highest BCUT2D eigenvalue weighted by molar-refractivity contribution is 5.96. The van der Waals surface area contributed by atoms with Crippen LogP contribution in [0.2, 0.25) is 0 Å². The molecule has 1 aromatic rings. The molecule has 0 aliphatic carbocycles. The smallest absolute Gasteiger partial charge is 0.123 e. The van der Waals surface area contributed by atoms with Crippen molar-refractivity contribution in [2.75, 3.05) is 0 Å². The molecule has 0 saturated carbocycles. The fraction of sp³-hybridized carbons (Fsp3) is 0.125. The number of nitrogens with one attached hydrogen (secondary N) is 1. The number of halogens is 1. The first-order chi connectivity index (χ1) is 4.70. The number of rotatable bonds is 1. The van der Waals surface area contributed by atoms with Crippen LogP contribution in [0.4, 0.5) is 4.39 Å². The third-order valence-electron chi connectivity index (χ3n) is 1.28. The summed E-state index contributed by atoms with van der Waals surface area (Å²) < 4.78 is 12.3. The van der Waals surface area contributed by atoms with Crippen LogP contribution in [-0.2, 0) is 0 Å². The van der Waals surface area contributed by atoms with E-state index in [0.717, 1.165) is 5.56 Å². The third-order valence-corrected chi connectivity index (χ3v) is 1.28. The molecule has 0 fully saturated rings. The lowest BCUT2D eigenvalue weighted by Crippen LogP contribution is -1.90. The summed E-state index contributed by atoms with van der Waals surface area (Å²) in [5.41, 5.74) is 1.22. The molecule has 52 valence electrons. The zero-order valence-corrected chi connectivity index (χ0v) is 5.69. The molecule has 0 aromatic heterocycles. The first-order valence-corrected chi connectivity index (χ1v) is 3.01. The Morgan fingerprint density at radius 1 is 1.30 bits per heavy atom. The van der Waals surface area contributed by atoms with Gasteiger partial charge >= 0.3 is 0 Å². The Hall–Kier alpha value is -1.18. The number of hydrogen-bond donors (Lipinski definition) is 1. The lowest BCUT2D eigenvalue weighted by molar-refractivity contribution is 0.628. The van der Waals surface area contributed by atoms with Crippen molar-refractivity contribution in [3.05, 3.63) is 35.6 Å². The van der Waals surface area contributed by atoms with Crippen molar-refractivity contribution in [3.8, 4) is 0 Å². The van der Waals surface area contributed by atoms with E-state index in [0.29, 0.717) is 5.71 Å². The summed E-state index contributed by atoms with van der Waals surface area (Å²) in [6, 6.07) is 5.90. The molecule has 0 atom stereocenters. The van der Waals surface area contributed by atoms with Crippen LogP contribution in [-0.4, -0.2) is 5.71 Å². The van der Waals surface area contributed by atoms with Gasteiger partial charge < -0.3 is 5.41 Å². The van der Waals surface area contributed by atoms with Gasteiger partial charge in [-0.05, 0) is 24.6 Å². The minimum absolute atomic E-state index is 0.259. The Bertz CT molecular complexity index is 238. The van der Waals surface area contributed by atoms with Crippen molar-refractivity contribution in [1.82, 2.24) is 0 Å². The lowest BCUT2D eigenvalue weighted by atomic mass is 10.1. The van der Waals surface area contributed by atoms with Gasteiger partial charge in [0.05, 0.1) is 0 Å². The predicted molar refractivity (Wildman–Crippen MR) is 38.9 cm³/mol. The van der Waals surface area contributed by atoms with E-state index in [1.165, 1.54) is 12.1 Å². The SMILES string of the molecule is CC(=N)c1ccc(F)cc1. The second kappa shape index (κ2) is 2.60. The van der Waals surface area contributed by atoms with E-state index in [9.17, 15) is 4.39 Å². The maximum absolute atomic E-state index is 12.3. The maximum atomic E-state index is 12.3. The normalized spacial score (nSPS) is 9.40. The van der Waals surface area contributed by atoms with Gasteiger partial charge in [-0.3, -0.25) is 0 Å². The van der Waals surface area contributed by atoms with Crippen molar-refractivity contribution < 1.29 is 4.39 Å². The van der Waals surface area contributed by atoms with E-state index in [-0.39, 0.29) is 5.82 Å². The Morgan fingerprint density at radius 3 is 2.20 bits per heavy atom. The summed E-state index contributed by atoms with van der Waals surface area (Å²) in [6.45, 7) is 1.67. The van der Waals surface area contributed by atoms with Gasteiger partial charge in [-0.2, -0.15) is 0 Å². The molecule has 0 bridgehead atoms. The average Bonchev–Trinajstić information content (AvgIpc) is 1.88. The fourth-order valence-electron chi connectivity index (χ4n) is 0.700. The molecule has 0 heterocycles. The molecule has 0 aliphatic heterocycles. The van der Waals surface area contributed by atoms with Crippen LogP contribution in [0, 0.1) is 11.2 Å². The van der Waals surface area contributed by atoms with Crippen LogP contribution in [0.1, 0.15) is 12.5 Å². The Kier molecular flexibility index (Phi) is 1.81. The van der Waals surface area contributed by atoms with Gasteiger partial charge in [0.2, 0.25) is 0 Å². The summed E-state index contributed by atoms with van der Waals surface area (Å²) in [6.07, 6.45) is 0. The molecular formula is C8H8FN. The van der Waals surface area contributed by atoms with Gasteiger partial charge in [-0.1, -0.05) is 12.1 Å². The van der Waals surface area contributed by atoms with Gasteiger partial charge in [-0.25, -0.2) is 4.39 Å². The molecule has 1 aromatic carbocycles. The predicted octanol–water partition coefficient (Wildman–Crippen LogP) is 2.21. The Labute approximate surface area is 59.0 Å². The van der Waals surface area contributed by atoms with Gasteiger partial charge in [0.15, 0.2) is 0 Å². The Morgan fingerprint density at radius 2 is 1.80 bits per heavy atom. The second-order valence-corrected chi connectivity index (χ2v) is 2.13. The van der Waals surface area contributed by atoms with Gasteiger partial charge in [-0.15, -0.1) is 0 Å².